The Morgan fingerprint density at radius 1 is 1.41 bits per heavy atom. The molecule has 5 nitrogen and oxygen atoms in total. The summed E-state index contributed by atoms with van der Waals surface area (Å²) in [7, 11) is 0. The molecule has 1 amide bonds. The van der Waals surface area contributed by atoms with E-state index < -0.39 is 17.8 Å². The molecular weight excluding hydrogens is 299 g/mol. The van der Waals surface area contributed by atoms with E-state index in [-0.39, 0.29) is 18.7 Å². The third-order valence-electron chi connectivity index (χ3n) is 3.61. The van der Waals surface area contributed by atoms with Crippen LogP contribution in [0.4, 0.5) is 13.2 Å². The van der Waals surface area contributed by atoms with Crippen LogP contribution in [0.1, 0.15) is 29.1 Å². The lowest BCUT2D eigenvalue weighted by Crippen LogP contribution is -2.28. The van der Waals surface area contributed by atoms with E-state index in [0.717, 1.165) is 0 Å². The van der Waals surface area contributed by atoms with Gasteiger partial charge in [0, 0.05) is 11.3 Å². The molecular formula is C14H14F3N3O2. The van der Waals surface area contributed by atoms with Gasteiger partial charge in [-0.3, -0.25) is 9.48 Å². The predicted molar refractivity (Wildman–Crippen MR) is 69.8 cm³/mol. The minimum Gasteiger partial charge on any atom is -0.467 e. The van der Waals surface area contributed by atoms with Crippen LogP contribution in [0.2, 0.25) is 0 Å². The van der Waals surface area contributed by atoms with Crippen molar-refractivity contribution in [2.45, 2.75) is 38.5 Å². The maximum absolute atomic E-state index is 12.9. The molecule has 0 bridgehead atoms. The molecule has 22 heavy (non-hydrogen) atoms. The standard InChI is InChI=1S/C14H14F3N3O2/c15-14(16,17)13-10-4-1-5-11(10)20(19-13)8-12(21)18-7-9-3-2-6-22-9/h2-3,6H,1,4-5,7-8H2,(H,18,21). The summed E-state index contributed by atoms with van der Waals surface area (Å²) in [5.41, 5.74) is -0.120. The van der Waals surface area contributed by atoms with Crippen molar-refractivity contribution >= 4 is 5.91 Å². The van der Waals surface area contributed by atoms with Crippen LogP contribution in [-0.2, 0) is 36.9 Å². The SMILES string of the molecule is O=C(Cn1nc(C(F)(F)F)c2c1CCC2)NCc1ccco1. The Hall–Kier alpha value is -2.25. The molecule has 0 aliphatic heterocycles. The summed E-state index contributed by atoms with van der Waals surface area (Å²) >= 11 is 0. The van der Waals surface area contributed by atoms with Crippen LogP contribution in [0, 0.1) is 0 Å². The Morgan fingerprint density at radius 3 is 2.91 bits per heavy atom. The lowest BCUT2D eigenvalue weighted by molar-refractivity contribution is -0.142. The molecule has 0 aromatic carbocycles. The van der Waals surface area contributed by atoms with Gasteiger partial charge in [-0.2, -0.15) is 18.3 Å². The van der Waals surface area contributed by atoms with Crippen LogP contribution < -0.4 is 5.32 Å². The van der Waals surface area contributed by atoms with Crippen LogP contribution in [0.3, 0.4) is 0 Å². The van der Waals surface area contributed by atoms with Crippen LogP contribution in [0.25, 0.3) is 0 Å². The number of carbonyl (C=O) groups is 1. The quantitative estimate of drug-likeness (QED) is 0.942. The van der Waals surface area contributed by atoms with Gasteiger partial charge in [0.05, 0.1) is 12.8 Å². The second-order valence-electron chi connectivity index (χ2n) is 5.14. The third-order valence-corrected chi connectivity index (χ3v) is 3.61. The van der Waals surface area contributed by atoms with E-state index >= 15 is 0 Å². The topological polar surface area (TPSA) is 60.1 Å². The number of amides is 1. The molecule has 3 rings (SSSR count). The van der Waals surface area contributed by atoms with Gasteiger partial charge in [-0.05, 0) is 31.4 Å². The molecule has 0 radical (unpaired) electrons. The zero-order valence-electron chi connectivity index (χ0n) is 11.6. The molecule has 118 valence electrons. The number of furan rings is 1. The van der Waals surface area contributed by atoms with Crippen LogP contribution in [0.15, 0.2) is 22.8 Å². The van der Waals surface area contributed by atoms with Crippen molar-refractivity contribution in [3.8, 4) is 0 Å². The van der Waals surface area contributed by atoms with Gasteiger partial charge < -0.3 is 9.73 Å². The highest BCUT2D eigenvalue weighted by Gasteiger charge is 2.40. The Balaban J connectivity index is 1.71. The Bertz CT molecular complexity index is 674. The molecule has 1 aliphatic carbocycles. The summed E-state index contributed by atoms with van der Waals surface area (Å²) in [6.07, 6.45) is -1.46. The first-order valence-electron chi connectivity index (χ1n) is 6.90. The average Bonchev–Trinajstić information content (AvgIpc) is 3.13. The van der Waals surface area contributed by atoms with E-state index in [2.05, 4.69) is 10.4 Å². The van der Waals surface area contributed by atoms with Crippen molar-refractivity contribution in [3.63, 3.8) is 0 Å². The first kappa shape index (κ1) is 14.7. The van der Waals surface area contributed by atoms with Gasteiger partial charge in [0.2, 0.25) is 5.91 Å². The van der Waals surface area contributed by atoms with Crippen molar-refractivity contribution < 1.29 is 22.4 Å². The largest absolute Gasteiger partial charge is 0.467 e. The number of carbonyl (C=O) groups excluding carboxylic acids is 1. The van der Waals surface area contributed by atoms with Crippen molar-refractivity contribution in [2.24, 2.45) is 0 Å². The molecule has 0 unspecified atom stereocenters. The number of fused-ring (bicyclic) bond motifs is 1. The Kier molecular flexibility index (Phi) is 3.67. The van der Waals surface area contributed by atoms with Gasteiger partial charge in [0.1, 0.15) is 12.3 Å². The smallest absolute Gasteiger partial charge is 0.435 e. The number of aromatic nitrogens is 2. The lowest BCUT2D eigenvalue weighted by atomic mass is 10.2. The monoisotopic (exact) mass is 313 g/mol. The maximum atomic E-state index is 12.9. The van der Waals surface area contributed by atoms with Crippen molar-refractivity contribution in [3.05, 3.63) is 41.1 Å². The Labute approximate surface area is 124 Å². The molecule has 0 fully saturated rings. The molecule has 0 saturated carbocycles. The fraction of sp³-hybridized carbons (Fsp3) is 0.429. The summed E-state index contributed by atoms with van der Waals surface area (Å²) in [5, 5.41) is 6.19. The van der Waals surface area contributed by atoms with Crippen LogP contribution in [-0.4, -0.2) is 15.7 Å². The van der Waals surface area contributed by atoms with Crippen molar-refractivity contribution in [1.29, 1.82) is 0 Å². The predicted octanol–water partition coefficient (Wildman–Crippen LogP) is 2.30. The molecule has 1 aliphatic rings. The summed E-state index contributed by atoms with van der Waals surface area (Å²) in [4.78, 5) is 11.9. The first-order chi connectivity index (χ1) is 10.4. The molecule has 1 N–H and O–H groups in total. The number of nitrogens with zero attached hydrogens (tertiary/aromatic N) is 2. The molecule has 0 spiro atoms. The van der Waals surface area contributed by atoms with Gasteiger partial charge >= 0.3 is 6.18 Å². The van der Waals surface area contributed by atoms with E-state index in [0.29, 0.717) is 30.7 Å². The minimum absolute atomic E-state index is 0.196. The van der Waals surface area contributed by atoms with E-state index in [1.807, 2.05) is 0 Å². The summed E-state index contributed by atoms with van der Waals surface area (Å²) in [6.45, 7) is -0.0272. The van der Waals surface area contributed by atoms with E-state index in [1.54, 1.807) is 12.1 Å². The van der Waals surface area contributed by atoms with Gasteiger partial charge in [-0.15, -0.1) is 0 Å². The average molecular weight is 313 g/mol. The van der Waals surface area contributed by atoms with E-state index in [1.165, 1.54) is 10.9 Å². The summed E-state index contributed by atoms with van der Waals surface area (Å²) in [5.74, 6) is 0.178. The number of nitrogens with one attached hydrogen (secondary N) is 1. The van der Waals surface area contributed by atoms with Crippen molar-refractivity contribution in [2.75, 3.05) is 0 Å². The van der Waals surface area contributed by atoms with E-state index in [9.17, 15) is 18.0 Å². The summed E-state index contributed by atoms with van der Waals surface area (Å²) < 4.78 is 45.1. The van der Waals surface area contributed by atoms with Gasteiger partial charge in [0.25, 0.3) is 0 Å². The van der Waals surface area contributed by atoms with Crippen molar-refractivity contribution in [1.82, 2.24) is 15.1 Å². The zero-order chi connectivity index (χ0) is 15.7. The van der Waals surface area contributed by atoms with Gasteiger partial charge in [-0.1, -0.05) is 0 Å². The van der Waals surface area contributed by atoms with Crippen LogP contribution in [0.5, 0.6) is 0 Å². The summed E-state index contributed by atoms with van der Waals surface area (Å²) in [6, 6.07) is 3.39. The number of hydrogen-bond donors (Lipinski definition) is 1. The number of hydrogen-bond acceptors (Lipinski definition) is 3. The number of alkyl halides is 3. The number of halogens is 3. The molecule has 0 saturated heterocycles. The fourth-order valence-corrected chi connectivity index (χ4v) is 2.66. The van der Waals surface area contributed by atoms with Gasteiger partial charge in [-0.25, -0.2) is 0 Å². The second-order valence-corrected chi connectivity index (χ2v) is 5.14. The molecule has 2 aromatic heterocycles. The highest BCUT2D eigenvalue weighted by atomic mass is 19.4. The fourth-order valence-electron chi connectivity index (χ4n) is 2.66. The highest BCUT2D eigenvalue weighted by molar-refractivity contribution is 5.75. The third kappa shape index (κ3) is 2.86. The molecule has 2 heterocycles. The van der Waals surface area contributed by atoms with Gasteiger partial charge in [0.15, 0.2) is 5.69 Å². The normalized spacial score (nSPS) is 14.1. The van der Waals surface area contributed by atoms with Crippen LogP contribution >= 0.6 is 0 Å². The second kappa shape index (κ2) is 5.51. The molecule has 0 atom stereocenters. The lowest BCUT2D eigenvalue weighted by Gasteiger charge is -2.06. The zero-order valence-corrected chi connectivity index (χ0v) is 11.6. The maximum Gasteiger partial charge on any atom is 0.435 e. The minimum atomic E-state index is -4.48. The Morgan fingerprint density at radius 2 is 2.23 bits per heavy atom. The van der Waals surface area contributed by atoms with E-state index in [4.69, 9.17) is 4.42 Å². The molecule has 8 heteroatoms. The first-order valence-corrected chi connectivity index (χ1v) is 6.90. The molecule has 2 aromatic rings. The highest BCUT2D eigenvalue weighted by Crippen LogP contribution is 2.36. The number of rotatable bonds is 4.